The predicted octanol–water partition coefficient (Wildman–Crippen LogP) is 4.74. The molecule has 0 atom stereocenters. The lowest BCUT2D eigenvalue weighted by atomic mass is 10.1. The summed E-state index contributed by atoms with van der Waals surface area (Å²) in [6.45, 7) is 3.47. The van der Waals surface area contributed by atoms with E-state index in [9.17, 15) is 24.5 Å². The Balaban J connectivity index is 1.75. The molecule has 31 heavy (non-hydrogen) atoms. The van der Waals surface area contributed by atoms with Gasteiger partial charge < -0.3 is 9.15 Å². The van der Waals surface area contributed by atoms with Crippen molar-refractivity contribution in [3.8, 4) is 11.3 Å². The molecular weight excluding hydrogens is 448 g/mol. The van der Waals surface area contributed by atoms with E-state index < -0.39 is 28.6 Å². The number of esters is 1. The molecule has 0 saturated carbocycles. The van der Waals surface area contributed by atoms with Crippen molar-refractivity contribution in [3.63, 3.8) is 0 Å². The number of ether oxygens (including phenoxy) is 1. The van der Waals surface area contributed by atoms with Gasteiger partial charge in [-0.25, -0.2) is 0 Å². The van der Waals surface area contributed by atoms with Crippen LogP contribution in [-0.4, -0.2) is 40.1 Å². The average molecular weight is 465 g/mol. The Labute approximate surface area is 186 Å². The quantitative estimate of drug-likeness (QED) is 0.249. The van der Waals surface area contributed by atoms with Crippen LogP contribution in [0.1, 0.15) is 19.6 Å². The second kappa shape index (κ2) is 9.36. The Morgan fingerprint density at radius 2 is 2.06 bits per heavy atom. The number of hydrogen-bond donors (Lipinski definition) is 0. The molecule has 1 aliphatic rings. The van der Waals surface area contributed by atoms with Crippen LogP contribution in [0.2, 0.25) is 5.02 Å². The maximum Gasteiger partial charge on any atom is 0.326 e. The Morgan fingerprint density at radius 1 is 1.32 bits per heavy atom. The van der Waals surface area contributed by atoms with Crippen LogP contribution >= 0.6 is 23.4 Å². The lowest BCUT2D eigenvalue weighted by Crippen LogP contribution is -2.34. The molecule has 11 heteroatoms. The number of carbonyl (C=O) groups excluding carboxylic acids is 3. The highest BCUT2D eigenvalue weighted by Gasteiger charge is 2.37. The van der Waals surface area contributed by atoms with Crippen LogP contribution in [0, 0.1) is 16.0 Å². The zero-order chi connectivity index (χ0) is 22.7. The molecule has 9 nitrogen and oxygen atoms in total. The van der Waals surface area contributed by atoms with E-state index in [2.05, 4.69) is 0 Å². The molecule has 0 aliphatic carbocycles. The summed E-state index contributed by atoms with van der Waals surface area (Å²) in [5.41, 5.74) is 0.166. The highest BCUT2D eigenvalue weighted by molar-refractivity contribution is 8.18. The van der Waals surface area contributed by atoms with Gasteiger partial charge in [0.2, 0.25) is 0 Å². The topological polar surface area (TPSA) is 120 Å². The van der Waals surface area contributed by atoms with Crippen LogP contribution in [0.25, 0.3) is 17.4 Å². The van der Waals surface area contributed by atoms with E-state index in [1.165, 1.54) is 18.2 Å². The average Bonchev–Trinajstić information content (AvgIpc) is 3.27. The van der Waals surface area contributed by atoms with E-state index in [4.69, 9.17) is 20.8 Å². The number of amides is 2. The first-order valence-corrected chi connectivity index (χ1v) is 10.3. The van der Waals surface area contributed by atoms with Gasteiger partial charge in [0.05, 0.1) is 16.4 Å². The van der Waals surface area contributed by atoms with Gasteiger partial charge in [0.25, 0.3) is 16.8 Å². The Kier molecular flexibility index (Phi) is 6.81. The molecule has 2 heterocycles. The maximum absolute atomic E-state index is 12.5. The Bertz CT molecular complexity index is 1090. The van der Waals surface area contributed by atoms with Gasteiger partial charge >= 0.3 is 5.97 Å². The van der Waals surface area contributed by atoms with Gasteiger partial charge in [0.15, 0.2) is 0 Å². The summed E-state index contributed by atoms with van der Waals surface area (Å²) in [6.07, 6.45) is 1.37. The number of thioether (sulfide) groups is 1. The molecule has 0 N–H and O–H groups in total. The van der Waals surface area contributed by atoms with Gasteiger partial charge in [-0.1, -0.05) is 25.4 Å². The minimum Gasteiger partial charge on any atom is -0.464 e. The molecule has 2 aromatic rings. The second-order valence-electron chi connectivity index (χ2n) is 6.97. The number of hydrogen-bond acceptors (Lipinski definition) is 8. The van der Waals surface area contributed by atoms with Gasteiger partial charge in [-0.15, -0.1) is 0 Å². The molecule has 1 aromatic carbocycles. The minimum atomic E-state index is -0.665. The van der Waals surface area contributed by atoms with Gasteiger partial charge in [-0.3, -0.25) is 29.4 Å². The summed E-state index contributed by atoms with van der Waals surface area (Å²) in [5.74, 6) is -0.574. The van der Waals surface area contributed by atoms with Crippen LogP contribution in [-0.2, 0) is 14.3 Å². The molecule has 0 bridgehead atoms. The van der Waals surface area contributed by atoms with Crippen LogP contribution < -0.4 is 0 Å². The molecular formula is C20H17ClN2O7S. The molecule has 1 fully saturated rings. The number of furan rings is 1. The van der Waals surface area contributed by atoms with E-state index >= 15 is 0 Å². The standard InChI is InChI=1S/C20H17ClN2O7S/c1-11(2)10-29-18(24)9-22-19(25)17(31-20(22)26)8-13-4-6-16(30-13)12-3-5-14(21)15(7-12)23(27)28/h3-8,11H,9-10H2,1-2H3/b17-8+. The van der Waals surface area contributed by atoms with Crippen molar-refractivity contribution >= 4 is 52.2 Å². The molecule has 1 saturated heterocycles. The third-order valence-corrected chi connectivity index (χ3v) is 5.29. The van der Waals surface area contributed by atoms with Crippen LogP contribution in [0.3, 0.4) is 0 Å². The molecule has 2 amide bonds. The first-order valence-electron chi connectivity index (χ1n) is 9.11. The smallest absolute Gasteiger partial charge is 0.326 e. The second-order valence-corrected chi connectivity index (χ2v) is 8.37. The maximum atomic E-state index is 12.5. The number of halogens is 1. The Morgan fingerprint density at radius 3 is 2.74 bits per heavy atom. The first kappa shape index (κ1) is 22.6. The van der Waals surface area contributed by atoms with Gasteiger partial charge in [0, 0.05) is 17.7 Å². The van der Waals surface area contributed by atoms with Crippen molar-refractivity contribution in [1.29, 1.82) is 0 Å². The van der Waals surface area contributed by atoms with Crippen molar-refractivity contribution in [2.45, 2.75) is 13.8 Å². The molecule has 1 aliphatic heterocycles. The van der Waals surface area contributed by atoms with Crippen LogP contribution in [0.15, 0.2) is 39.7 Å². The van der Waals surface area contributed by atoms with Crippen molar-refractivity contribution in [1.82, 2.24) is 4.90 Å². The van der Waals surface area contributed by atoms with E-state index in [0.29, 0.717) is 23.1 Å². The summed E-state index contributed by atoms with van der Waals surface area (Å²) in [7, 11) is 0. The summed E-state index contributed by atoms with van der Waals surface area (Å²) < 4.78 is 10.7. The predicted molar refractivity (Wildman–Crippen MR) is 114 cm³/mol. The van der Waals surface area contributed by atoms with Crippen LogP contribution in [0.5, 0.6) is 0 Å². The lowest BCUT2D eigenvalue weighted by molar-refractivity contribution is -0.384. The van der Waals surface area contributed by atoms with Crippen LogP contribution in [0.4, 0.5) is 10.5 Å². The molecule has 3 rings (SSSR count). The van der Waals surface area contributed by atoms with Crippen molar-refractivity contribution in [2.75, 3.05) is 13.2 Å². The van der Waals surface area contributed by atoms with E-state index in [-0.39, 0.29) is 33.9 Å². The number of nitrogens with zero attached hydrogens (tertiary/aromatic N) is 2. The highest BCUT2D eigenvalue weighted by atomic mass is 35.5. The lowest BCUT2D eigenvalue weighted by Gasteiger charge is -2.12. The van der Waals surface area contributed by atoms with E-state index in [0.717, 1.165) is 4.90 Å². The van der Waals surface area contributed by atoms with Crippen molar-refractivity contribution < 1.29 is 28.5 Å². The zero-order valence-electron chi connectivity index (χ0n) is 16.5. The fourth-order valence-electron chi connectivity index (χ4n) is 2.59. The van der Waals surface area contributed by atoms with E-state index in [1.54, 1.807) is 18.2 Å². The summed E-state index contributed by atoms with van der Waals surface area (Å²) >= 11 is 6.50. The molecule has 0 spiro atoms. The summed E-state index contributed by atoms with van der Waals surface area (Å²) in [4.78, 5) is 47.8. The number of nitro benzene ring substituents is 1. The first-order chi connectivity index (χ1) is 14.7. The monoisotopic (exact) mass is 464 g/mol. The van der Waals surface area contributed by atoms with Gasteiger partial charge in [-0.2, -0.15) is 0 Å². The fourth-order valence-corrected chi connectivity index (χ4v) is 3.60. The SMILES string of the molecule is CC(C)COC(=O)CN1C(=O)S/C(=C/c2ccc(-c3ccc(Cl)c([N+](=O)[O-])c3)o2)C1=O. The molecule has 162 valence electrons. The van der Waals surface area contributed by atoms with Gasteiger partial charge in [-0.05, 0) is 41.9 Å². The van der Waals surface area contributed by atoms with Crippen molar-refractivity contribution in [2.24, 2.45) is 5.92 Å². The number of imide groups is 1. The molecule has 1 aromatic heterocycles. The van der Waals surface area contributed by atoms with Gasteiger partial charge in [0.1, 0.15) is 23.1 Å². The normalized spacial score (nSPS) is 15.2. The summed E-state index contributed by atoms with van der Waals surface area (Å²) in [6, 6.07) is 7.37. The van der Waals surface area contributed by atoms with Crippen molar-refractivity contribution in [3.05, 3.63) is 56.1 Å². The number of rotatable bonds is 7. The number of benzene rings is 1. The third kappa shape index (κ3) is 5.33. The third-order valence-electron chi connectivity index (χ3n) is 4.07. The zero-order valence-corrected chi connectivity index (χ0v) is 18.1. The molecule has 0 radical (unpaired) electrons. The highest BCUT2D eigenvalue weighted by Crippen LogP contribution is 2.34. The molecule has 0 unspecified atom stereocenters. The number of carbonyl (C=O) groups is 3. The Hall–Kier alpha value is -3.11. The van der Waals surface area contributed by atoms with E-state index in [1.807, 2.05) is 13.8 Å². The fraction of sp³-hybridized carbons (Fsp3) is 0.250. The summed E-state index contributed by atoms with van der Waals surface area (Å²) in [5, 5.41) is 10.5. The number of nitro groups is 1. The largest absolute Gasteiger partial charge is 0.464 e. The minimum absolute atomic E-state index is 0.00104.